The lowest BCUT2D eigenvalue weighted by molar-refractivity contribution is -0.116. The van der Waals surface area contributed by atoms with Crippen molar-refractivity contribution in [2.24, 2.45) is 0 Å². The molecule has 0 saturated carbocycles. The van der Waals surface area contributed by atoms with Crippen molar-refractivity contribution in [2.75, 3.05) is 41.8 Å². The molecule has 1 fully saturated rings. The summed E-state index contributed by atoms with van der Waals surface area (Å²) in [4.78, 5) is 27.8. The van der Waals surface area contributed by atoms with Crippen molar-refractivity contribution in [1.29, 1.82) is 0 Å². The number of hydrogen-bond acceptors (Lipinski definition) is 5. The van der Waals surface area contributed by atoms with Gasteiger partial charge in [0.1, 0.15) is 6.04 Å². The number of carbonyl (C=O) groups excluding carboxylic acids is 2. The summed E-state index contributed by atoms with van der Waals surface area (Å²) in [6.45, 7) is 5.40. The second-order valence-electron chi connectivity index (χ2n) is 8.22. The Bertz CT molecular complexity index is 1100. The summed E-state index contributed by atoms with van der Waals surface area (Å²) in [6, 6.07) is 24.2. The average molecular weight is 459 g/mol. The summed E-state index contributed by atoms with van der Waals surface area (Å²) >= 11 is 0. The summed E-state index contributed by atoms with van der Waals surface area (Å²) in [5, 5.41) is 9.06. The number of carbonyl (C=O) groups is 2. The van der Waals surface area contributed by atoms with Gasteiger partial charge in [0.2, 0.25) is 5.91 Å². The fraction of sp³-hybridized carbons (Fsp3) is 0.259. The van der Waals surface area contributed by atoms with E-state index in [2.05, 4.69) is 20.9 Å². The number of anilines is 3. The van der Waals surface area contributed by atoms with Gasteiger partial charge in [0, 0.05) is 36.7 Å². The number of rotatable bonds is 8. The molecule has 7 heteroatoms. The van der Waals surface area contributed by atoms with Gasteiger partial charge in [-0.15, -0.1) is 0 Å². The molecule has 3 aromatic rings. The van der Waals surface area contributed by atoms with Crippen LogP contribution in [0.3, 0.4) is 0 Å². The Morgan fingerprint density at radius 3 is 2.32 bits per heavy atom. The van der Waals surface area contributed by atoms with Crippen LogP contribution in [0.1, 0.15) is 22.8 Å². The van der Waals surface area contributed by atoms with E-state index in [9.17, 15) is 9.59 Å². The van der Waals surface area contributed by atoms with Gasteiger partial charge in [0.15, 0.2) is 0 Å². The number of amides is 2. The fourth-order valence-electron chi connectivity index (χ4n) is 3.81. The van der Waals surface area contributed by atoms with E-state index in [0.29, 0.717) is 17.8 Å². The molecule has 34 heavy (non-hydrogen) atoms. The van der Waals surface area contributed by atoms with Crippen LogP contribution in [0.2, 0.25) is 0 Å². The van der Waals surface area contributed by atoms with Crippen LogP contribution in [0.5, 0.6) is 0 Å². The van der Waals surface area contributed by atoms with Crippen LogP contribution in [-0.2, 0) is 16.1 Å². The number of nitrogens with zero attached hydrogens (tertiary/aromatic N) is 1. The molecule has 0 unspecified atom stereocenters. The van der Waals surface area contributed by atoms with E-state index in [1.807, 2.05) is 66.7 Å². The van der Waals surface area contributed by atoms with Gasteiger partial charge in [0.25, 0.3) is 5.91 Å². The van der Waals surface area contributed by atoms with Gasteiger partial charge in [-0.25, -0.2) is 0 Å². The molecule has 0 aliphatic carbocycles. The molecular formula is C27H30N4O3. The molecule has 0 bridgehead atoms. The van der Waals surface area contributed by atoms with Crippen molar-refractivity contribution in [3.05, 3.63) is 90.0 Å². The molecule has 2 amide bonds. The van der Waals surface area contributed by atoms with E-state index in [-0.39, 0.29) is 11.8 Å². The summed E-state index contributed by atoms with van der Waals surface area (Å²) in [6.07, 6.45) is 0. The van der Waals surface area contributed by atoms with Crippen LogP contribution < -0.4 is 20.9 Å². The minimum Gasteiger partial charge on any atom is -0.378 e. The second-order valence-corrected chi connectivity index (χ2v) is 8.22. The molecule has 3 aromatic carbocycles. The Hall–Kier alpha value is -3.84. The highest BCUT2D eigenvalue weighted by molar-refractivity contribution is 6.01. The summed E-state index contributed by atoms with van der Waals surface area (Å²) in [5.74, 6) is -0.378. The standard InChI is InChI=1S/C27H30N4O3/c1-20(26(32)30-22-11-13-23(14-12-22)31-15-17-34-18-16-31)29-25-10-6-5-9-24(25)27(33)28-19-21-7-3-2-4-8-21/h2-14,20,29H,15-19H2,1H3,(H,28,33)(H,30,32)/t20-/m0/s1. The topological polar surface area (TPSA) is 82.7 Å². The van der Waals surface area contributed by atoms with Crippen molar-refractivity contribution < 1.29 is 14.3 Å². The Balaban J connectivity index is 1.34. The Labute approximate surface area is 200 Å². The molecule has 1 aliphatic rings. The molecule has 0 spiro atoms. The van der Waals surface area contributed by atoms with Crippen LogP contribution in [0.4, 0.5) is 17.1 Å². The van der Waals surface area contributed by atoms with Crippen molar-refractivity contribution in [1.82, 2.24) is 5.32 Å². The van der Waals surface area contributed by atoms with E-state index in [1.165, 1.54) is 0 Å². The minimum absolute atomic E-state index is 0.182. The third-order valence-corrected chi connectivity index (χ3v) is 5.74. The molecule has 0 aromatic heterocycles. The van der Waals surface area contributed by atoms with E-state index in [1.54, 1.807) is 19.1 Å². The maximum absolute atomic E-state index is 12.8. The molecular weight excluding hydrogens is 428 g/mol. The highest BCUT2D eigenvalue weighted by Gasteiger charge is 2.17. The molecule has 4 rings (SSSR count). The predicted molar refractivity (Wildman–Crippen MR) is 135 cm³/mol. The van der Waals surface area contributed by atoms with E-state index in [4.69, 9.17) is 4.74 Å². The van der Waals surface area contributed by atoms with Crippen LogP contribution in [0.25, 0.3) is 0 Å². The first-order chi connectivity index (χ1) is 16.6. The summed E-state index contributed by atoms with van der Waals surface area (Å²) < 4.78 is 5.40. The molecule has 176 valence electrons. The SMILES string of the molecule is C[C@H](Nc1ccccc1C(=O)NCc1ccccc1)C(=O)Nc1ccc(N2CCOCC2)cc1. The number of nitrogens with one attached hydrogen (secondary N) is 3. The summed E-state index contributed by atoms with van der Waals surface area (Å²) in [7, 11) is 0. The van der Waals surface area contributed by atoms with Gasteiger partial charge in [-0.3, -0.25) is 9.59 Å². The van der Waals surface area contributed by atoms with E-state index >= 15 is 0 Å². The minimum atomic E-state index is -0.540. The Morgan fingerprint density at radius 1 is 0.912 bits per heavy atom. The Morgan fingerprint density at radius 2 is 1.59 bits per heavy atom. The monoisotopic (exact) mass is 458 g/mol. The van der Waals surface area contributed by atoms with Gasteiger partial charge in [-0.2, -0.15) is 0 Å². The molecule has 0 radical (unpaired) electrons. The molecule has 1 heterocycles. The largest absolute Gasteiger partial charge is 0.378 e. The highest BCUT2D eigenvalue weighted by Crippen LogP contribution is 2.20. The molecule has 1 aliphatic heterocycles. The zero-order valence-corrected chi connectivity index (χ0v) is 19.3. The van der Waals surface area contributed by atoms with Crippen LogP contribution >= 0.6 is 0 Å². The molecule has 7 nitrogen and oxygen atoms in total. The van der Waals surface area contributed by atoms with Gasteiger partial charge < -0.3 is 25.6 Å². The number of benzene rings is 3. The van der Waals surface area contributed by atoms with Crippen molar-refractivity contribution in [3.63, 3.8) is 0 Å². The van der Waals surface area contributed by atoms with Crippen LogP contribution in [0.15, 0.2) is 78.9 Å². The van der Waals surface area contributed by atoms with Gasteiger partial charge in [-0.05, 0) is 48.9 Å². The van der Waals surface area contributed by atoms with E-state index < -0.39 is 6.04 Å². The number of para-hydroxylation sites is 1. The normalized spacial score (nSPS) is 14.2. The zero-order chi connectivity index (χ0) is 23.8. The first kappa shape index (κ1) is 23.3. The fourth-order valence-corrected chi connectivity index (χ4v) is 3.81. The van der Waals surface area contributed by atoms with Gasteiger partial charge in [-0.1, -0.05) is 42.5 Å². The third kappa shape index (κ3) is 6.14. The smallest absolute Gasteiger partial charge is 0.253 e. The maximum Gasteiger partial charge on any atom is 0.253 e. The molecule has 1 atom stereocenters. The molecule has 1 saturated heterocycles. The lowest BCUT2D eigenvalue weighted by Crippen LogP contribution is -2.36. The van der Waals surface area contributed by atoms with Crippen molar-refractivity contribution >= 4 is 28.9 Å². The quantitative estimate of drug-likeness (QED) is 0.477. The molecule has 3 N–H and O–H groups in total. The van der Waals surface area contributed by atoms with Gasteiger partial charge in [0.05, 0.1) is 18.8 Å². The predicted octanol–water partition coefficient (Wildman–Crippen LogP) is 3.89. The van der Waals surface area contributed by atoms with Gasteiger partial charge >= 0.3 is 0 Å². The summed E-state index contributed by atoms with van der Waals surface area (Å²) in [5.41, 5.74) is 3.97. The van der Waals surface area contributed by atoms with Crippen molar-refractivity contribution in [2.45, 2.75) is 19.5 Å². The lowest BCUT2D eigenvalue weighted by Gasteiger charge is -2.29. The van der Waals surface area contributed by atoms with Crippen LogP contribution in [0, 0.1) is 0 Å². The third-order valence-electron chi connectivity index (χ3n) is 5.74. The number of morpholine rings is 1. The number of hydrogen-bond donors (Lipinski definition) is 3. The first-order valence-electron chi connectivity index (χ1n) is 11.5. The van der Waals surface area contributed by atoms with E-state index in [0.717, 1.165) is 43.2 Å². The van der Waals surface area contributed by atoms with Crippen LogP contribution in [-0.4, -0.2) is 44.2 Å². The lowest BCUT2D eigenvalue weighted by atomic mass is 10.1. The Kier molecular flexibility index (Phi) is 7.78. The average Bonchev–Trinajstić information content (AvgIpc) is 2.89. The maximum atomic E-state index is 12.8. The van der Waals surface area contributed by atoms with Crippen molar-refractivity contribution in [3.8, 4) is 0 Å². The zero-order valence-electron chi connectivity index (χ0n) is 19.3. The second kappa shape index (κ2) is 11.3. The first-order valence-corrected chi connectivity index (χ1v) is 11.5. The number of ether oxygens (including phenoxy) is 1. The highest BCUT2D eigenvalue weighted by atomic mass is 16.5.